The van der Waals surface area contributed by atoms with Crippen molar-refractivity contribution < 1.29 is 28.9 Å². The minimum Gasteiger partial charge on any atom is -0.508 e. The van der Waals surface area contributed by atoms with Gasteiger partial charge in [0.25, 0.3) is 5.91 Å². The van der Waals surface area contributed by atoms with Crippen molar-refractivity contribution in [1.82, 2.24) is 34.9 Å². The molecule has 6 aromatic rings. The number of hydrogen-bond donors (Lipinski definition) is 6. The number of phenols is 2. The Morgan fingerprint density at radius 1 is 0.984 bits per heavy atom. The summed E-state index contributed by atoms with van der Waals surface area (Å²) in [5.41, 5.74) is 3.04. The van der Waals surface area contributed by atoms with Crippen molar-refractivity contribution in [3.63, 3.8) is 0 Å². The maximum atomic E-state index is 15.7. The summed E-state index contributed by atoms with van der Waals surface area (Å²) in [6.07, 6.45) is 4.20. The number of anilines is 1. The average Bonchev–Trinajstić information content (AvgIpc) is 3.88. The van der Waals surface area contributed by atoms with Gasteiger partial charge in [-0.1, -0.05) is 55.2 Å². The van der Waals surface area contributed by atoms with Gasteiger partial charge in [-0.2, -0.15) is 5.10 Å². The van der Waals surface area contributed by atoms with Crippen LogP contribution in [0.1, 0.15) is 79.7 Å². The molecule has 1 fully saturated rings. The number of aromatic amines is 2. The molecule has 1 aliphatic rings. The number of halogens is 3. The number of piperidine rings is 1. The lowest BCUT2D eigenvalue weighted by molar-refractivity contribution is -0.151. The summed E-state index contributed by atoms with van der Waals surface area (Å²) < 4.78 is 22.7. The van der Waals surface area contributed by atoms with Crippen LogP contribution in [0, 0.1) is 11.7 Å². The minimum absolute atomic E-state index is 0.0622. The zero-order valence-corrected chi connectivity index (χ0v) is 36.0. The molecule has 6 N–H and O–H groups in total. The molecule has 3 aromatic heterocycles. The second-order valence-electron chi connectivity index (χ2n) is 16.0. The van der Waals surface area contributed by atoms with E-state index in [0.717, 1.165) is 0 Å². The molecule has 0 saturated carbocycles. The summed E-state index contributed by atoms with van der Waals surface area (Å²) >= 11 is 12.8. The molecule has 17 heteroatoms. The highest BCUT2D eigenvalue weighted by Crippen LogP contribution is 2.38. The van der Waals surface area contributed by atoms with Crippen LogP contribution in [0.25, 0.3) is 28.2 Å². The number of nitrogens with one attached hydrogen (secondary N) is 4. The molecule has 1 saturated heterocycles. The summed E-state index contributed by atoms with van der Waals surface area (Å²) in [5, 5.41) is 34.5. The highest BCUT2D eigenvalue weighted by Gasteiger charge is 2.29. The van der Waals surface area contributed by atoms with Gasteiger partial charge in [-0.15, -0.1) is 0 Å². The first-order chi connectivity index (χ1) is 29.6. The maximum absolute atomic E-state index is 15.7. The van der Waals surface area contributed by atoms with Crippen LogP contribution in [0.15, 0.2) is 83.9 Å². The summed E-state index contributed by atoms with van der Waals surface area (Å²) in [7, 11) is 0. The van der Waals surface area contributed by atoms with Gasteiger partial charge in [-0.3, -0.25) is 14.5 Å². The highest BCUT2D eigenvalue weighted by molar-refractivity contribution is 6.33. The van der Waals surface area contributed by atoms with Crippen LogP contribution < -0.4 is 16.3 Å². The third-order valence-electron chi connectivity index (χ3n) is 10.8. The summed E-state index contributed by atoms with van der Waals surface area (Å²) in [5.74, 6) is -1.51. The fourth-order valence-corrected chi connectivity index (χ4v) is 7.91. The topological polar surface area (TPSA) is 190 Å². The van der Waals surface area contributed by atoms with Crippen LogP contribution in [-0.2, 0) is 16.1 Å². The van der Waals surface area contributed by atoms with Crippen LogP contribution in [0.2, 0.25) is 10.0 Å². The number of rotatable bonds is 14. The highest BCUT2D eigenvalue weighted by atomic mass is 35.5. The molecule has 0 radical (unpaired) electrons. The second kappa shape index (κ2) is 18.8. The first-order valence-electron chi connectivity index (χ1n) is 20.2. The molecule has 0 spiro atoms. The lowest BCUT2D eigenvalue weighted by Gasteiger charge is -2.31. The number of carbonyl (C=O) groups is 2. The zero-order chi connectivity index (χ0) is 44.2. The number of H-pyrrole nitrogens is 2. The van der Waals surface area contributed by atoms with E-state index in [2.05, 4.69) is 30.8 Å². The monoisotopic (exact) mass is 884 g/mol. The normalized spacial score (nSPS) is 14.0. The molecule has 62 heavy (non-hydrogen) atoms. The van der Waals surface area contributed by atoms with Crippen LogP contribution in [-0.4, -0.2) is 77.5 Å². The largest absolute Gasteiger partial charge is 0.508 e. The standard InChI is InChI=1S/C45H47Cl2FN8O6/c1-24(2)32-17-34(40(58)19-39(32)57)42-53-54-45(61)56(42)31-9-8-28(36(48)16-31)22-55-12-10-26(11-13-55)44(60)62-23-38(27-6-5-7-30(46)14-27)52-43(59)37-15-29(20-49-37)33-18-41(51-25(3)4)50-21-35(33)47/h5-9,14-21,24-26,38,49,57-58H,10-13,22-23H2,1-4H3,(H,50,51)(H,52,59)(H,54,61)/t38-/m1/s1. The average molecular weight is 886 g/mol. The fraction of sp³-hybridized carbons (Fsp3) is 0.311. The summed E-state index contributed by atoms with van der Waals surface area (Å²) in [6, 6.07) is 17.1. The number of amides is 1. The number of likely N-dealkylation sites (tertiary alicyclic amines) is 1. The predicted molar refractivity (Wildman–Crippen MR) is 235 cm³/mol. The fourth-order valence-electron chi connectivity index (χ4n) is 7.50. The summed E-state index contributed by atoms with van der Waals surface area (Å²) in [4.78, 5) is 49.3. The van der Waals surface area contributed by atoms with E-state index in [1.54, 1.807) is 60.9 Å². The molecule has 1 aliphatic heterocycles. The van der Waals surface area contributed by atoms with Gasteiger partial charge in [0, 0.05) is 52.8 Å². The van der Waals surface area contributed by atoms with Crippen LogP contribution >= 0.6 is 23.2 Å². The Balaban J connectivity index is 0.969. The van der Waals surface area contributed by atoms with Crippen LogP contribution in [0.4, 0.5) is 10.2 Å². The van der Waals surface area contributed by atoms with Gasteiger partial charge in [-0.05, 0) is 99.3 Å². The molecular weight excluding hydrogens is 838 g/mol. The number of aromatic nitrogens is 5. The van der Waals surface area contributed by atoms with E-state index in [1.807, 2.05) is 38.7 Å². The molecule has 0 aliphatic carbocycles. The second-order valence-corrected chi connectivity index (χ2v) is 16.8. The minimum atomic E-state index is -0.715. The van der Waals surface area contributed by atoms with Crippen LogP contribution in [0.5, 0.6) is 11.5 Å². The Hall–Kier alpha value is -6.16. The van der Waals surface area contributed by atoms with Crippen molar-refractivity contribution in [2.24, 2.45) is 5.92 Å². The van der Waals surface area contributed by atoms with E-state index >= 15 is 4.39 Å². The molecular formula is C45H47Cl2FN8O6. The number of phenolic OH excluding ortho intramolecular Hbond substituents is 2. The van der Waals surface area contributed by atoms with Gasteiger partial charge in [0.15, 0.2) is 5.82 Å². The molecule has 0 bridgehead atoms. The van der Waals surface area contributed by atoms with E-state index in [0.29, 0.717) is 69.6 Å². The van der Waals surface area contributed by atoms with E-state index in [9.17, 15) is 24.6 Å². The number of hydrogen-bond acceptors (Lipinski definition) is 10. The maximum Gasteiger partial charge on any atom is 0.348 e. The number of benzene rings is 3. The number of nitrogens with zero attached hydrogens (tertiary/aromatic N) is 4. The van der Waals surface area contributed by atoms with Crippen molar-refractivity contribution in [3.8, 4) is 39.7 Å². The van der Waals surface area contributed by atoms with Gasteiger partial charge in [0.1, 0.15) is 35.4 Å². The SMILES string of the molecule is CC(C)Nc1cc(-c2c[nH]c(C(=O)N[C@H](COC(=O)C3CCN(Cc4ccc(-n5c(-c6cc(C(C)C)c(O)cc6O)n[nH]c5=O)cc4F)CC3)c3cccc(Cl)c3)c2)c(Cl)cn1. The van der Waals surface area contributed by atoms with E-state index in [4.69, 9.17) is 27.9 Å². The third kappa shape index (κ3) is 9.96. The Kier molecular flexibility index (Phi) is 13.3. The molecule has 3 aromatic carbocycles. The lowest BCUT2D eigenvalue weighted by atomic mass is 9.96. The molecule has 14 nitrogen and oxygen atoms in total. The van der Waals surface area contributed by atoms with E-state index in [-0.39, 0.29) is 59.4 Å². The van der Waals surface area contributed by atoms with Gasteiger partial charge < -0.3 is 30.6 Å². The number of carbonyl (C=O) groups excluding carboxylic acids is 2. The van der Waals surface area contributed by atoms with Gasteiger partial charge in [0.05, 0.1) is 28.2 Å². The lowest BCUT2D eigenvalue weighted by Crippen LogP contribution is -2.38. The quantitative estimate of drug-likeness (QED) is 0.0580. The van der Waals surface area contributed by atoms with Crippen molar-refractivity contribution in [3.05, 3.63) is 128 Å². The van der Waals surface area contributed by atoms with Crippen molar-refractivity contribution in [2.45, 2.75) is 65.1 Å². The molecule has 1 amide bonds. The van der Waals surface area contributed by atoms with Crippen LogP contribution in [0.3, 0.4) is 0 Å². The zero-order valence-electron chi connectivity index (χ0n) is 34.5. The molecule has 0 unspecified atom stereocenters. The Morgan fingerprint density at radius 3 is 2.47 bits per heavy atom. The Bertz CT molecular complexity index is 2650. The number of aromatic hydroxyl groups is 2. The van der Waals surface area contributed by atoms with Crippen molar-refractivity contribution in [1.29, 1.82) is 0 Å². The molecule has 7 rings (SSSR count). The van der Waals surface area contributed by atoms with Crippen molar-refractivity contribution in [2.75, 3.05) is 25.0 Å². The van der Waals surface area contributed by atoms with Crippen molar-refractivity contribution >= 4 is 40.9 Å². The molecule has 4 heterocycles. The van der Waals surface area contributed by atoms with Gasteiger partial charge >= 0.3 is 11.7 Å². The summed E-state index contributed by atoms with van der Waals surface area (Å²) in [6.45, 7) is 8.90. The van der Waals surface area contributed by atoms with Gasteiger partial charge in [0.2, 0.25) is 0 Å². The van der Waals surface area contributed by atoms with Gasteiger partial charge in [-0.25, -0.2) is 23.8 Å². The predicted octanol–water partition coefficient (Wildman–Crippen LogP) is 8.35. The first-order valence-corrected chi connectivity index (χ1v) is 21.0. The number of pyridine rings is 1. The Morgan fingerprint density at radius 2 is 1.76 bits per heavy atom. The first kappa shape index (κ1) is 43.9. The number of esters is 1. The number of ether oxygens (including phenoxy) is 1. The molecule has 324 valence electrons. The van der Waals surface area contributed by atoms with E-state index in [1.165, 1.54) is 16.7 Å². The molecule has 1 atom stereocenters. The smallest absolute Gasteiger partial charge is 0.348 e. The van der Waals surface area contributed by atoms with E-state index < -0.39 is 35.3 Å². The Labute approximate surface area is 367 Å². The third-order valence-corrected chi connectivity index (χ3v) is 11.3.